The van der Waals surface area contributed by atoms with Crippen LogP contribution in [-0.4, -0.2) is 50.3 Å². The van der Waals surface area contributed by atoms with Crippen molar-refractivity contribution in [3.8, 4) is 11.5 Å². The summed E-state index contributed by atoms with van der Waals surface area (Å²) in [5.74, 6) is 1.93. The first kappa shape index (κ1) is 21.3. The maximum Gasteiger partial charge on any atom is 0.163 e. The number of unbranched alkanes of at least 4 members (excludes halogenated alkanes) is 1. The molecule has 0 saturated heterocycles. The number of nitrogens with zero attached hydrogens (tertiary/aromatic N) is 2. The van der Waals surface area contributed by atoms with Crippen LogP contribution in [0.4, 0.5) is 11.4 Å². The van der Waals surface area contributed by atoms with Crippen molar-refractivity contribution in [1.29, 1.82) is 0 Å². The lowest BCUT2D eigenvalue weighted by Crippen LogP contribution is -2.31. The highest BCUT2D eigenvalue weighted by Crippen LogP contribution is 2.36. The molecule has 0 bridgehead atoms. The van der Waals surface area contributed by atoms with E-state index in [1.54, 1.807) is 0 Å². The Morgan fingerprint density at radius 2 is 1.84 bits per heavy atom. The van der Waals surface area contributed by atoms with Gasteiger partial charge in [-0.25, -0.2) is 4.21 Å². The summed E-state index contributed by atoms with van der Waals surface area (Å²) in [5, 5.41) is 4.80. The summed E-state index contributed by atoms with van der Waals surface area (Å²) in [7, 11) is 2.15. The number of nitrogens with one attached hydrogen (secondary N) is 1. The van der Waals surface area contributed by atoms with Crippen LogP contribution in [0, 0.1) is 0 Å². The molecule has 7 nitrogen and oxygen atoms in total. The number of aromatic nitrogens is 1. The second kappa shape index (κ2) is 9.13. The van der Waals surface area contributed by atoms with Gasteiger partial charge in [0, 0.05) is 66.3 Å². The molecule has 3 heterocycles. The molecule has 5 rings (SSSR count). The van der Waals surface area contributed by atoms with Gasteiger partial charge in [-0.3, -0.25) is 4.90 Å². The van der Waals surface area contributed by atoms with Gasteiger partial charge in [-0.2, -0.15) is 0 Å². The molecule has 0 spiro atoms. The summed E-state index contributed by atoms with van der Waals surface area (Å²) in [6.07, 6.45) is 2.76. The second-order valence-electron chi connectivity index (χ2n) is 8.46. The number of rotatable bonds is 7. The molecule has 0 aliphatic carbocycles. The average Bonchev–Trinajstić information content (AvgIpc) is 3.07. The van der Waals surface area contributed by atoms with Gasteiger partial charge in [-0.05, 0) is 55.3 Å². The summed E-state index contributed by atoms with van der Waals surface area (Å²) in [6.45, 7) is 4.08. The highest BCUT2D eigenvalue weighted by atomic mass is 32.2. The Balaban J connectivity index is 1.35. The third kappa shape index (κ3) is 4.35. The van der Waals surface area contributed by atoms with Crippen molar-refractivity contribution in [1.82, 2.24) is 9.47 Å². The molecule has 2 aliphatic rings. The fourth-order valence-electron chi connectivity index (χ4n) is 4.75. The molecule has 170 valence electrons. The molecule has 1 unspecified atom stereocenters. The maximum absolute atomic E-state index is 10.9. The molecule has 1 aromatic heterocycles. The monoisotopic (exact) mass is 455 g/mol. The van der Waals surface area contributed by atoms with Gasteiger partial charge in [0.25, 0.3) is 0 Å². The fraction of sp³-hybridized carbons (Fsp3) is 0.417. The molecule has 32 heavy (non-hydrogen) atoms. The smallest absolute Gasteiger partial charge is 0.163 e. The van der Waals surface area contributed by atoms with Crippen molar-refractivity contribution in [2.45, 2.75) is 25.8 Å². The quantitative estimate of drug-likeness (QED) is 0.414. The van der Waals surface area contributed by atoms with Crippen LogP contribution in [0.3, 0.4) is 0 Å². The Kier molecular flexibility index (Phi) is 6.08. The predicted molar refractivity (Wildman–Crippen MR) is 127 cm³/mol. The van der Waals surface area contributed by atoms with Gasteiger partial charge in [-0.15, -0.1) is 0 Å². The van der Waals surface area contributed by atoms with Crippen molar-refractivity contribution in [3.05, 3.63) is 47.7 Å². The van der Waals surface area contributed by atoms with E-state index >= 15 is 0 Å². The largest absolute Gasteiger partial charge is 0.486 e. The van der Waals surface area contributed by atoms with Gasteiger partial charge in [0.2, 0.25) is 0 Å². The van der Waals surface area contributed by atoms with E-state index in [0.29, 0.717) is 19.0 Å². The lowest BCUT2D eigenvalue weighted by molar-refractivity contribution is 0.171. The summed E-state index contributed by atoms with van der Waals surface area (Å²) >= 11 is -1.69. The Morgan fingerprint density at radius 3 is 2.69 bits per heavy atom. The standard InChI is InChI=1S/C24H29N3O4S/c1-26-21-6-4-17(25-18-5-7-23-24(15-18)31-12-11-30-23)14-19(21)20-16-27(10-8-22(20)26)9-2-3-13-32(28)29/h4-7,14-15,25H,2-3,8-13,16H2,1H3,(H,28,29). The van der Waals surface area contributed by atoms with Crippen molar-refractivity contribution in [3.63, 3.8) is 0 Å². The number of hydrogen-bond donors (Lipinski definition) is 2. The lowest BCUT2D eigenvalue weighted by atomic mass is 10.0. The molecule has 0 amide bonds. The molecule has 0 saturated carbocycles. The van der Waals surface area contributed by atoms with E-state index in [0.717, 1.165) is 61.8 Å². The van der Waals surface area contributed by atoms with E-state index in [4.69, 9.17) is 14.0 Å². The Hall–Kier alpha value is -2.55. The van der Waals surface area contributed by atoms with Gasteiger partial charge in [0.1, 0.15) is 13.2 Å². The molecule has 2 aromatic carbocycles. The SMILES string of the molecule is Cn1c2c(c3cc(Nc4ccc5c(c4)OCCO5)ccc31)CN(CCCCS(=O)O)CC2. The topological polar surface area (TPSA) is 76.0 Å². The van der Waals surface area contributed by atoms with Crippen LogP contribution >= 0.6 is 0 Å². The minimum atomic E-state index is -1.69. The van der Waals surface area contributed by atoms with Crippen LogP contribution in [0.25, 0.3) is 10.9 Å². The van der Waals surface area contributed by atoms with Gasteiger partial charge in [-0.1, -0.05) is 0 Å². The third-order valence-corrected chi connectivity index (χ3v) is 6.99. The van der Waals surface area contributed by atoms with Crippen LogP contribution in [0.1, 0.15) is 24.1 Å². The Bertz CT molecular complexity index is 1160. The van der Waals surface area contributed by atoms with Crippen LogP contribution < -0.4 is 14.8 Å². The van der Waals surface area contributed by atoms with Crippen LogP contribution in [0.5, 0.6) is 11.5 Å². The molecule has 1 atom stereocenters. The van der Waals surface area contributed by atoms with E-state index in [2.05, 4.69) is 40.0 Å². The van der Waals surface area contributed by atoms with Gasteiger partial charge in [0.15, 0.2) is 22.6 Å². The highest BCUT2D eigenvalue weighted by molar-refractivity contribution is 7.79. The van der Waals surface area contributed by atoms with Gasteiger partial charge < -0.3 is 23.9 Å². The van der Waals surface area contributed by atoms with Crippen LogP contribution in [-0.2, 0) is 31.1 Å². The van der Waals surface area contributed by atoms with Crippen molar-refractivity contribution >= 4 is 33.4 Å². The zero-order valence-corrected chi connectivity index (χ0v) is 19.1. The van der Waals surface area contributed by atoms with E-state index in [1.807, 2.05) is 18.2 Å². The van der Waals surface area contributed by atoms with Crippen LogP contribution in [0.2, 0.25) is 0 Å². The number of ether oxygens (including phenoxy) is 2. The summed E-state index contributed by atoms with van der Waals surface area (Å²) in [4.78, 5) is 2.46. The average molecular weight is 456 g/mol. The minimum Gasteiger partial charge on any atom is -0.486 e. The molecule has 0 fully saturated rings. The zero-order chi connectivity index (χ0) is 22.1. The second-order valence-corrected chi connectivity index (χ2v) is 9.51. The fourth-order valence-corrected chi connectivity index (χ4v) is 5.20. The molecule has 0 radical (unpaired) electrons. The number of benzene rings is 2. The van der Waals surface area contributed by atoms with Crippen molar-refractivity contribution in [2.75, 3.05) is 37.4 Å². The van der Waals surface area contributed by atoms with Crippen molar-refractivity contribution in [2.24, 2.45) is 7.05 Å². The third-order valence-electron chi connectivity index (χ3n) is 6.36. The lowest BCUT2D eigenvalue weighted by Gasteiger charge is -2.27. The number of fused-ring (bicyclic) bond motifs is 4. The minimum absolute atomic E-state index is 0.363. The number of hydrogen-bond acceptors (Lipinski definition) is 5. The summed E-state index contributed by atoms with van der Waals surface area (Å²) in [6, 6.07) is 12.5. The molecule has 8 heteroatoms. The normalized spacial score (nSPS) is 16.7. The molecular formula is C24H29N3O4S. The van der Waals surface area contributed by atoms with Gasteiger partial charge >= 0.3 is 0 Å². The van der Waals surface area contributed by atoms with E-state index in [9.17, 15) is 4.21 Å². The highest BCUT2D eigenvalue weighted by Gasteiger charge is 2.23. The Labute approximate surface area is 190 Å². The molecule has 2 N–H and O–H groups in total. The summed E-state index contributed by atoms with van der Waals surface area (Å²) < 4.78 is 33.5. The predicted octanol–water partition coefficient (Wildman–Crippen LogP) is 4.05. The first-order valence-electron chi connectivity index (χ1n) is 11.1. The number of anilines is 2. The Morgan fingerprint density at radius 1 is 1.06 bits per heavy atom. The van der Waals surface area contributed by atoms with E-state index < -0.39 is 11.1 Å². The van der Waals surface area contributed by atoms with Crippen molar-refractivity contribution < 1.29 is 18.2 Å². The van der Waals surface area contributed by atoms with Crippen LogP contribution in [0.15, 0.2) is 36.4 Å². The number of aryl methyl sites for hydroxylation is 1. The first-order valence-corrected chi connectivity index (χ1v) is 12.4. The van der Waals surface area contributed by atoms with Gasteiger partial charge in [0.05, 0.1) is 0 Å². The first-order chi connectivity index (χ1) is 15.6. The summed E-state index contributed by atoms with van der Waals surface area (Å²) in [5.41, 5.74) is 6.07. The molecular weight excluding hydrogens is 426 g/mol. The maximum atomic E-state index is 10.9. The molecule has 3 aromatic rings. The zero-order valence-electron chi connectivity index (χ0n) is 18.3. The molecule has 2 aliphatic heterocycles. The van der Waals surface area contributed by atoms with E-state index in [-0.39, 0.29) is 0 Å². The van der Waals surface area contributed by atoms with E-state index in [1.165, 1.54) is 22.2 Å².